The molecule has 0 radical (unpaired) electrons. The molecule has 0 unspecified atom stereocenters. The fourth-order valence-corrected chi connectivity index (χ4v) is 5.37. The number of aliphatic carboxylic acids is 1. The van der Waals surface area contributed by atoms with E-state index in [4.69, 9.17) is 33.0 Å². The van der Waals surface area contributed by atoms with Gasteiger partial charge in [-0.3, -0.25) is 14.5 Å². The Morgan fingerprint density at radius 1 is 1.17 bits per heavy atom. The minimum atomic E-state index is -1.11. The summed E-state index contributed by atoms with van der Waals surface area (Å²) in [5, 5.41) is 9.07. The van der Waals surface area contributed by atoms with Gasteiger partial charge in [0, 0.05) is 15.6 Å². The summed E-state index contributed by atoms with van der Waals surface area (Å²) in [5.41, 5.74) is 1.10. The Morgan fingerprint density at radius 2 is 1.77 bits per heavy atom. The molecule has 0 aromatic heterocycles. The number of ether oxygens (including phenoxy) is 1. The fraction of sp³-hybridized carbons (Fsp3) is 0.105. The number of halogens is 4. The molecule has 1 aliphatic rings. The molecule has 0 bridgehead atoms. The van der Waals surface area contributed by atoms with E-state index in [9.17, 15) is 14.4 Å². The summed E-state index contributed by atoms with van der Waals surface area (Å²) in [4.78, 5) is 37.2. The molecule has 0 spiro atoms. The third kappa shape index (κ3) is 5.20. The molecule has 2 amide bonds. The van der Waals surface area contributed by atoms with E-state index in [1.165, 1.54) is 0 Å². The molecule has 1 heterocycles. The second-order valence-corrected chi connectivity index (χ2v) is 9.48. The van der Waals surface area contributed by atoms with Crippen LogP contribution in [0.25, 0.3) is 6.08 Å². The number of nitrogens with zero attached hydrogens (tertiary/aromatic N) is 1. The topological polar surface area (TPSA) is 83.9 Å². The highest BCUT2D eigenvalue weighted by Gasteiger charge is 2.35. The van der Waals surface area contributed by atoms with Gasteiger partial charge in [-0.1, -0.05) is 29.3 Å². The molecule has 0 saturated carbocycles. The number of hydrogen-bond donors (Lipinski definition) is 1. The molecule has 2 aromatic carbocycles. The van der Waals surface area contributed by atoms with Crippen molar-refractivity contribution < 1.29 is 24.2 Å². The van der Waals surface area contributed by atoms with Crippen molar-refractivity contribution in [1.29, 1.82) is 0 Å². The summed E-state index contributed by atoms with van der Waals surface area (Å²) in [6.07, 6.45) is 1.57. The van der Waals surface area contributed by atoms with Crippen LogP contribution in [0.5, 0.6) is 5.75 Å². The van der Waals surface area contributed by atoms with Crippen molar-refractivity contribution in [1.82, 2.24) is 4.90 Å². The first kappa shape index (κ1) is 23.1. The van der Waals surface area contributed by atoms with Crippen LogP contribution >= 0.6 is 66.8 Å². The van der Waals surface area contributed by atoms with Crippen molar-refractivity contribution in [2.45, 2.75) is 6.54 Å². The lowest BCUT2D eigenvalue weighted by atomic mass is 10.2. The smallest absolute Gasteiger partial charge is 0.341 e. The third-order valence-corrected chi connectivity index (χ3v) is 6.70. The predicted molar refractivity (Wildman–Crippen MR) is 123 cm³/mol. The number of carbonyl (C=O) groups is 3. The highest BCUT2D eigenvalue weighted by Crippen LogP contribution is 2.38. The predicted octanol–water partition coefficient (Wildman–Crippen LogP) is 6.22. The summed E-state index contributed by atoms with van der Waals surface area (Å²) in [6.45, 7) is -0.532. The van der Waals surface area contributed by atoms with Gasteiger partial charge in [0.15, 0.2) is 6.61 Å². The quantitative estimate of drug-likeness (QED) is 0.399. The Labute approximate surface area is 202 Å². The Kier molecular flexibility index (Phi) is 7.52. The van der Waals surface area contributed by atoms with E-state index in [1.807, 2.05) is 0 Å². The highest BCUT2D eigenvalue weighted by molar-refractivity contribution is 9.11. The van der Waals surface area contributed by atoms with Crippen LogP contribution in [0, 0.1) is 0 Å². The normalized spacial score (nSPS) is 15.2. The van der Waals surface area contributed by atoms with Gasteiger partial charge in [-0.25, -0.2) is 4.79 Å². The van der Waals surface area contributed by atoms with Crippen molar-refractivity contribution in [2.24, 2.45) is 0 Å². The molecule has 3 rings (SSSR count). The molecular formula is C19H11Br2Cl2NO5S. The van der Waals surface area contributed by atoms with Crippen LogP contribution < -0.4 is 4.74 Å². The molecule has 30 heavy (non-hydrogen) atoms. The maximum Gasteiger partial charge on any atom is 0.341 e. The zero-order valence-corrected chi connectivity index (χ0v) is 20.3. The molecule has 0 atom stereocenters. The highest BCUT2D eigenvalue weighted by atomic mass is 79.9. The Morgan fingerprint density at radius 3 is 2.33 bits per heavy atom. The summed E-state index contributed by atoms with van der Waals surface area (Å²) >= 11 is 19.8. The zero-order chi connectivity index (χ0) is 22.0. The van der Waals surface area contributed by atoms with Gasteiger partial charge < -0.3 is 9.84 Å². The Hall–Kier alpha value is -1.52. The second-order valence-electron chi connectivity index (χ2n) is 5.96. The first-order valence-electron chi connectivity index (χ1n) is 8.19. The zero-order valence-electron chi connectivity index (χ0n) is 14.8. The number of carboxylic acid groups (broad SMARTS) is 1. The van der Waals surface area contributed by atoms with E-state index >= 15 is 0 Å². The largest absolute Gasteiger partial charge is 0.480 e. The van der Waals surface area contributed by atoms with E-state index in [0.29, 0.717) is 35.9 Å². The van der Waals surface area contributed by atoms with E-state index in [0.717, 1.165) is 16.7 Å². The van der Waals surface area contributed by atoms with Gasteiger partial charge in [0.05, 0.1) is 20.4 Å². The Balaban J connectivity index is 1.84. The number of carbonyl (C=O) groups excluding carboxylic acids is 2. The van der Waals surface area contributed by atoms with Crippen molar-refractivity contribution in [3.05, 3.63) is 65.4 Å². The maximum absolute atomic E-state index is 12.8. The molecule has 1 aliphatic heterocycles. The van der Waals surface area contributed by atoms with Gasteiger partial charge in [-0.05, 0) is 79.5 Å². The van der Waals surface area contributed by atoms with E-state index < -0.39 is 23.7 Å². The van der Waals surface area contributed by atoms with E-state index in [2.05, 4.69) is 31.9 Å². The van der Waals surface area contributed by atoms with Crippen LogP contribution in [0.2, 0.25) is 10.0 Å². The average Bonchev–Trinajstić information content (AvgIpc) is 2.91. The average molecular weight is 596 g/mol. The molecule has 1 saturated heterocycles. The molecule has 0 aliphatic carbocycles. The minimum Gasteiger partial charge on any atom is -0.480 e. The number of benzene rings is 2. The summed E-state index contributed by atoms with van der Waals surface area (Å²) < 4.78 is 6.21. The van der Waals surface area contributed by atoms with Gasteiger partial charge in [-0.15, -0.1) is 0 Å². The summed E-state index contributed by atoms with van der Waals surface area (Å²) in [5.74, 6) is -1.25. The summed E-state index contributed by atoms with van der Waals surface area (Å²) in [6, 6.07) is 8.27. The van der Waals surface area contributed by atoms with E-state index in [1.54, 1.807) is 36.4 Å². The van der Waals surface area contributed by atoms with Crippen LogP contribution in [0.3, 0.4) is 0 Å². The molecule has 11 heteroatoms. The molecule has 1 fully saturated rings. The van der Waals surface area contributed by atoms with Crippen molar-refractivity contribution >= 4 is 90.0 Å². The molecule has 2 aromatic rings. The standard InChI is InChI=1S/C19H11Br2Cl2NO5S/c20-11-4-9(5-12(21)17(11)29-8-16(25)26)6-15-18(27)24(19(28)30-15)7-10-13(22)2-1-3-14(10)23/h1-6H,7-8H2,(H,25,26)/b15-6-. The van der Waals surface area contributed by atoms with Crippen molar-refractivity contribution in [2.75, 3.05) is 6.61 Å². The minimum absolute atomic E-state index is 0.0319. The van der Waals surface area contributed by atoms with Gasteiger partial charge in [0.1, 0.15) is 5.75 Å². The molecule has 156 valence electrons. The van der Waals surface area contributed by atoms with Crippen LogP contribution in [-0.4, -0.2) is 33.7 Å². The number of rotatable bonds is 6. The van der Waals surface area contributed by atoms with E-state index in [-0.39, 0.29) is 11.4 Å². The number of hydrogen-bond acceptors (Lipinski definition) is 5. The monoisotopic (exact) mass is 593 g/mol. The van der Waals surface area contributed by atoms with Gasteiger partial charge >= 0.3 is 5.97 Å². The second kappa shape index (κ2) is 9.74. The van der Waals surface area contributed by atoms with Crippen molar-refractivity contribution in [3.63, 3.8) is 0 Å². The first-order chi connectivity index (χ1) is 14.2. The number of thioether (sulfide) groups is 1. The third-order valence-electron chi connectivity index (χ3n) is 3.91. The van der Waals surface area contributed by atoms with Gasteiger partial charge in [0.25, 0.3) is 11.1 Å². The van der Waals surface area contributed by atoms with Crippen LogP contribution in [0.1, 0.15) is 11.1 Å². The number of carboxylic acids is 1. The SMILES string of the molecule is O=C(O)COc1c(Br)cc(/C=C2\SC(=O)N(Cc3c(Cl)cccc3Cl)C2=O)cc1Br. The van der Waals surface area contributed by atoms with Crippen molar-refractivity contribution in [3.8, 4) is 5.75 Å². The molecule has 1 N–H and O–H groups in total. The summed E-state index contributed by atoms with van der Waals surface area (Å²) in [7, 11) is 0. The maximum atomic E-state index is 12.8. The lowest BCUT2D eigenvalue weighted by Crippen LogP contribution is -2.27. The Bertz CT molecular complexity index is 1050. The molecular weight excluding hydrogens is 585 g/mol. The number of amides is 2. The van der Waals surface area contributed by atoms with Crippen LogP contribution in [-0.2, 0) is 16.1 Å². The number of imide groups is 1. The lowest BCUT2D eigenvalue weighted by Gasteiger charge is -2.14. The van der Waals surface area contributed by atoms with Gasteiger partial charge in [-0.2, -0.15) is 0 Å². The first-order valence-corrected chi connectivity index (χ1v) is 11.3. The molecule has 6 nitrogen and oxygen atoms in total. The lowest BCUT2D eigenvalue weighted by molar-refractivity contribution is -0.139. The van der Waals surface area contributed by atoms with Gasteiger partial charge in [0.2, 0.25) is 0 Å². The van der Waals surface area contributed by atoms with Crippen LogP contribution in [0.15, 0.2) is 44.2 Å². The van der Waals surface area contributed by atoms with Crippen LogP contribution in [0.4, 0.5) is 4.79 Å². The fourth-order valence-electron chi connectivity index (χ4n) is 2.56.